The number of piperidine rings is 1. The number of ether oxygens (including phenoxy) is 3. The molecule has 0 aliphatic carbocycles. The van der Waals surface area contributed by atoms with E-state index in [2.05, 4.69) is 15.3 Å². The molecule has 0 amide bonds. The van der Waals surface area contributed by atoms with Crippen molar-refractivity contribution in [3.8, 4) is 23.0 Å². The van der Waals surface area contributed by atoms with Crippen molar-refractivity contribution in [3.05, 3.63) is 88.1 Å². The first-order valence-electron chi connectivity index (χ1n) is 19.0. The van der Waals surface area contributed by atoms with Gasteiger partial charge in [-0.25, -0.2) is 8.78 Å². The fraction of sp³-hybridized carbons (Fsp3) is 0.439. The summed E-state index contributed by atoms with van der Waals surface area (Å²) in [5, 5.41) is 27.2. The first-order chi connectivity index (χ1) is 26.6. The summed E-state index contributed by atoms with van der Waals surface area (Å²) in [6, 6.07) is 14.6. The van der Waals surface area contributed by atoms with Crippen LogP contribution in [0, 0.1) is 27.7 Å². The van der Waals surface area contributed by atoms with E-state index in [1.54, 1.807) is 25.3 Å². The summed E-state index contributed by atoms with van der Waals surface area (Å²) in [6.07, 6.45) is 6.88. The number of halogens is 2. The number of fused-ring (bicyclic) bond motifs is 2. The van der Waals surface area contributed by atoms with E-state index in [0.29, 0.717) is 72.6 Å². The molecule has 0 saturated carbocycles. The molecule has 0 bridgehead atoms. The van der Waals surface area contributed by atoms with Crippen LogP contribution in [-0.2, 0) is 11.2 Å². The number of aromatic nitrogens is 3. The lowest BCUT2D eigenvalue weighted by Crippen LogP contribution is -2.46. The van der Waals surface area contributed by atoms with Crippen molar-refractivity contribution < 1.29 is 33.0 Å². The standard InChI is InChI=1S/C41H46F2N6O6/c1-3-31-34(42)17-11-27-8-4-9-32(35(27)31)37-36(43)38-33(21-45-37)39(48-20-6-18-41(2,50)24-48)47-40(46-38)54-22-26-7-5-19-44-28(12-10-26)23-53-25-55-30-15-13-29(14-16-30)49(51)52/h4,8-9,11,13-17,21,26,28,44,50H,3,5-7,10,12,18-20,22-25H2,1-2H3/t26-,28+,41-/m1/s1. The minimum atomic E-state index is -0.948. The Kier molecular flexibility index (Phi) is 11.6. The van der Waals surface area contributed by atoms with Gasteiger partial charge in [-0.15, -0.1) is 0 Å². The number of rotatable bonds is 12. The van der Waals surface area contributed by atoms with Gasteiger partial charge in [-0.2, -0.15) is 9.97 Å². The Labute approximate surface area is 318 Å². The van der Waals surface area contributed by atoms with Crippen LogP contribution in [0.2, 0.25) is 0 Å². The van der Waals surface area contributed by atoms with Crippen molar-refractivity contribution in [2.75, 3.05) is 44.5 Å². The van der Waals surface area contributed by atoms with Crippen molar-refractivity contribution in [2.24, 2.45) is 5.92 Å². The van der Waals surface area contributed by atoms with Crippen LogP contribution in [0.1, 0.15) is 57.9 Å². The Balaban J connectivity index is 1.09. The largest absolute Gasteiger partial charge is 0.468 e. The first kappa shape index (κ1) is 38.2. The number of hydrogen-bond acceptors (Lipinski definition) is 11. The molecule has 12 nitrogen and oxygen atoms in total. The number of nitrogens with one attached hydrogen (secondary N) is 1. The smallest absolute Gasteiger partial charge is 0.319 e. The molecule has 0 unspecified atom stereocenters. The molecule has 14 heteroatoms. The van der Waals surface area contributed by atoms with Crippen molar-refractivity contribution in [1.82, 2.24) is 20.3 Å². The fourth-order valence-corrected chi connectivity index (χ4v) is 7.73. The molecule has 2 N–H and O–H groups in total. The molecule has 0 radical (unpaired) electrons. The second kappa shape index (κ2) is 16.8. The predicted octanol–water partition coefficient (Wildman–Crippen LogP) is 7.53. The van der Waals surface area contributed by atoms with Gasteiger partial charge >= 0.3 is 6.01 Å². The van der Waals surface area contributed by atoms with Crippen LogP contribution >= 0.6 is 0 Å². The van der Waals surface area contributed by atoms with E-state index in [1.807, 2.05) is 24.0 Å². The number of pyridine rings is 1. The number of hydrogen-bond donors (Lipinski definition) is 2. The van der Waals surface area contributed by atoms with Gasteiger partial charge in [0.1, 0.15) is 28.6 Å². The molecule has 55 heavy (non-hydrogen) atoms. The van der Waals surface area contributed by atoms with Gasteiger partial charge in [0.15, 0.2) is 12.6 Å². The zero-order chi connectivity index (χ0) is 38.5. The molecule has 2 fully saturated rings. The number of nitro benzene ring substituents is 1. The van der Waals surface area contributed by atoms with Gasteiger partial charge in [0.25, 0.3) is 5.69 Å². The maximum atomic E-state index is 16.9. The van der Waals surface area contributed by atoms with Crippen molar-refractivity contribution in [3.63, 3.8) is 0 Å². The number of anilines is 1. The maximum Gasteiger partial charge on any atom is 0.319 e. The summed E-state index contributed by atoms with van der Waals surface area (Å²) in [7, 11) is 0. The van der Waals surface area contributed by atoms with E-state index in [9.17, 15) is 15.2 Å². The third kappa shape index (κ3) is 8.77. The highest BCUT2D eigenvalue weighted by Gasteiger charge is 2.32. The molecule has 0 spiro atoms. The quantitative estimate of drug-likeness (QED) is 0.0564. The number of β-amino-alcohol motifs (C(OH)–C–C–N with tert-alkyl or cyclic N) is 1. The van der Waals surface area contributed by atoms with Gasteiger partial charge in [0.2, 0.25) is 0 Å². The van der Waals surface area contributed by atoms with E-state index >= 15 is 8.78 Å². The molecular weight excluding hydrogens is 710 g/mol. The first-order valence-corrected chi connectivity index (χ1v) is 19.0. The maximum absolute atomic E-state index is 16.9. The van der Waals surface area contributed by atoms with Crippen LogP contribution < -0.4 is 19.7 Å². The van der Waals surface area contributed by atoms with E-state index in [1.165, 1.54) is 30.3 Å². The average Bonchev–Trinajstić information content (AvgIpc) is 3.16. The molecule has 2 aromatic heterocycles. The van der Waals surface area contributed by atoms with Gasteiger partial charge in [0, 0.05) is 43.0 Å². The summed E-state index contributed by atoms with van der Waals surface area (Å²) < 4.78 is 49.6. The second-order valence-electron chi connectivity index (χ2n) is 14.7. The zero-order valence-corrected chi connectivity index (χ0v) is 31.1. The molecule has 290 valence electrons. The highest BCUT2D eigenvalue weighted by molar-refractivity contribution is 6.00. The molecule has 5 aromatic rings. The van der Waals surface area contributed by atoms with E-state index in [4.69, 9.17) is 19.2 Å². The zero-order valence-electron chi connectivity index (χ0n) is 31.1. The molecule has 2 aliphatic heterocycles. The van der Waals surface area contributed by atoms with Crippen LogP contribution in [0.15, 0.2) is 60.8 Å². The van der Waals surface area contributed by atoms with Crippen molar-refractivity contribution >= 4 is 33.2 Å². The highest BCUT2D eigenvalue weighted by Crippen LogP contribution is 2.38. The van der Waals surface area contributed by atoms with E-state index in [0.717, 1.165) is 44.0 Å². The monoisotopic (exact) mass is 756 g/mol. The molecule has 3 aromatic carbocycles. The molecule has 7 rings (SSSR count). The Morgan fingerprint density at radius 2 is 1.87 bits per heavy atom. The lowest BCUT2D eigenvalue weighted by molar-refractivity contribution is -0.384. The van der Waals surface area contributed by atoms with Crippen LogP contribution in [-0.4, -0.2) is 76.3 Å². The number of aliphatic hydroxyl groups is 1. The summed E-state index contributed by atoms with van der Waals surface area (Å²) in [4.78, 5) is 26.4. The van der Waals surface area contributed by atoms with Gasteiger partial charge < -0.3 is 29.5 Å². The summed E-state index contributed by atoms with van der Waals surface area (Å²) in [5.74, 6) is 0.131. The van der Waals surface area contributed by atoms with Crippen LogP contribution in [0.4, 0.5) is 20.3 Å². The number of aryl methyl sites for hydroxylation is 1. The lowest BCUT2D eigenvalue weighted by atomic mass is 9.94. The topological polar surface area (TPSA) is 145 Å². The predicted molar refractivity (Wildman–Crippen MR) is 205 cm³/mol. The van der Waals surface area contributed by atoms with Crippen molar-refractivity contribution in [2.45, 2.75) is 70.4 Å². The van der Waals surface area contributed by atoms with Gasteiger partial charge in [0.05, 0.1) is 29.1 Å². The second-order valence-corrected chi connectivity index (χ2v) is 14.7. The Hall–Kier alpha value is -5.05. The van der Waals surface area contributed by atoms with Crippen LogP contribution in [0.3, 0.4) is 0 Å². The molecule has 2 aliphatic rings. The highest BCUT2D eigenvalue weighted by atomic mass is 19.1. The third-order valence-corrected chi connectivity index (χ3v) is 10.6. The minimum absolute atomic E-state index is 0.00542. The molecule has 3 atom stereocenters. The van der Waals surface area contributed by atoms with Gasteiger partial charge in [-0.05, 0) is 98.9 Å². The molecular formula is C41H46F2N6O6. The van der Waals surface area contributed by atoms with Crippen LogP contribution in [0.25, 0.3) is 32.9 Å². The minimum Gasteiger partial charge on any atom is -0.468 e. The number of nitro groups is 1. The van der Waals surface area contributed by atoms with E-state index in [-0.39, 0.29) is 47.5 Å². The number of non-ortho nitro benzene ring substituents is 1. The average molecular weight is 757 g/mol. The third-order valence-electron chi connectivity index (χ3n) is 10.6. The summed E-state index contributed by atoms with van der Waals surface area (Å²) >= 11 is 0. The van der Waals surface area contributed by atoms with Gasteiger partial charge in [-0.1, -0.05) is 31.2 Å². The fourth-order valence-electron chi connectivity index (χ4n) is 7.73. The summed E-state index contributed by atoms with van der Waals surface area (Å²) in [5.41, 5.74) is 0.146. The Morgan fingerprint density at radius 1 is 1.04 bits per heavy atom. The normalized spacial score (nSPS) is 20.6. The SMILES string of the molecule is CCc1c(F)ccc2cccc(-c3ncc4c(N5CCC[C@@](C)(O)C5)nc(OC[C@@H]5CCCN[C@H](COCOc6ccc([N+](=O)[O-])cc6)CC5)nc4c3F)c12. The Morgan fingerprint density at radius 3 is 2.65 bits per heavy atom. The van der Waals surface area contributed by atoms with Gasteiger partial charge in [-0.3, -0.25) is 15.1 Å². The Bertz CT molecular complexity index is 2150. The summed E-state index contributed by atoms with van der Waals surface area (Å²) in [6.45, 7) is 6.17. The lowest BCUT2D eigenvalue weighted by Gasteiger charge is -2.37. The molecule has 4 heterocycles. The van der Waals surface area contributed by atoms with Crippen LogP contribution in [0.5, 0.6) is 11.8 Å². The molecule has 2 saturated heterocycles. The number of benzene rings is 3. The van der Waals surface area contributed by atoms with E-state index < -0.39 is 16.3 Å². The number of nitrogens with zero attached hydrogens (tertiary/aromatic N) is 5. The van der Waals surface area contributed by atoms with Crippen molar-refractivity contribution in [1.29, 1.82) is 0 Å².